The molecule has 2 fully saturated rings. The van der Waals surface area contributed by atoms with E-state index in [1.54, 1.807) is 12.1 Å². The van der Waals surface area contributed by atoms with E-state index in [-0.39, 0.29) is 12.5 Å². The van der Waals surface area contributed by atoms with Crippen LogP contribution in [0.4, 0.5) is 5.69 Å². The number of nitrogens with zero attached hydrogens (tertiary/aromatic N) is 3. The zero-order valence-electron chi connectivity index (χ0n) is 16.6. The number of fused-ring (bicyclic) bond motifs is 2. The van der Waals surface area contributed by atoms with Crippen LogP contribution in [0.3, 0.4) is 0 Å². The lowest BCUT2D eigenvalue weighted by atomic mass is 10.1. The molecule has 0 bridgehead atoms. The Morgan fingerprint density at radius 3 is 2.80 bits per heavy atom. The molecular formula is C23H24ClN3O3. The van der Waals surface area contributed by atoms with E-state index in [9.17, 15) is 9.90 Å². The number of carbonyl (C=O) groups is 1. The van der Waals surface area contributed by atoms with Crippen molar-refractivity contribution in [3.63, 3.8) is 0 Å². The summed E-state index contributed by atoms with van der Waals surface area (Å²) in [5.74, 6) is 2.19. The third-order valence-corrected chi connectivity index (χ3v) is 6.23. The number of hydrogen-bond donors (Lipinski definition) is 1. The Labute approximate surface area is 180 Å². The van der Waals surface area contributed by atoms with Gasteiger partial charge in [0.2, 0.25) is 0 Å². The SMILES string of the molecule is O=C(O)CC1CN(C2=Nc3cc(Cl)ccc3Oc3ccccc32)CCN1CC1CC1. The number of rotatable bonds is 4. The molecule has 1 atom stereocenters. The third kappa shape index (κ3) is 4.02. The van der Waals surface area contributed by atoms with E-state index < -0.39 is 5.97 Å². The van der Waals surface area contributed by atoms with E-state index in [4.69, 9.17) is 21.3 Å². The summed E-state index contributed by atoms with van der Waals surface area (Å²) in [5, 5.41) is 10.1. The molecule has 2 heterocycles. The summed E-state index contributed by atoms with van der Waals surface area (Å²) in [7, 11) is 0. The molecule has 7 heteroatoms. The highest BCUT2D eigenvalue weighted by molar-refractivity contribution is 6.31. The Bertz CT molecular complexity index is 1000. The lowest BCUT2D eigenvalue weighted by molar-refractivity contribution is -0.138. The monoisotopic (exact) mass is 425 g/mol. The molecule has 1 aliphatic carbocycles. The number of halogens is 1. The minimum atomic E-state index is -0.758. The summed E-state index contributed by atoms with van der Waals surface area (Å²) in [6.07, 6.45) is 2.65. The highest BCUT2D eigenvalue weighted by Gasteiger charge is 2.35. The van der Waals surface area contributed by atoms with Crippen LogP contribution in [0.1, 0.15) is 24.8 Å². The number of aliphatic carboxylic acids is 1. The average molecular weight is 426 g/mol. The van der Waals surface area contributed by atoms with Gasteiger partial charge in [0, 0.05) is 37.2 Å². The van der Waals surface area contributed by atoms with Gasteiger partial charge in [-0.25, -0.2) is 4.99 Å². The first-order chi connectivity index (χ1) is 14.6. The van der Waals surface area contributed by atoms with Gasteiger partial charge in [-0.2, -0.15) is 0 Å². The quantitative estimate of drug-likeness (QED) is 0.786. The third-order valence-electron chi connectivity index (χ3n) is 6.00. The Kier molecular flexibility index (Phi) is 5.13. The molecule has 1 saturated carbocycles. The fourth-order valence-corrected chi connectivity index (χ4v) is 4.46. The Hall–Kier alpha value is -2.57. The molecule has 0 spiro atoms. The lowest BCUT2D eigenvalue weighted by Gasteiger charge is -2.42. The normalized spacial score (nSPS) is 21.2. The molecule has 0 aromatic heterocycles. The van der Waals surface area contributed by atoms with E-state index in [0.717, 1.165) is 42.7 Å². The second-order valence-corrected chi connectivity index (χ2v) is 8.72. The van der Waals surface area contributed by atoms with E-state index >= 15 is 0 Å². The first-order valence-electron chi connectivity index (χ1n) is 10.4. The van der Waals surface area contributed by atoms with Gasteiger partial charge in [-0.1, -0.05) is 23.7 Å². The number of piperazine rings is 1. The van der Waals surface area contributed by atoms with E-state index in [1.807, 2.05) is 30.3 Å². The number of amidine groups is 1. The standard InChI is InChI=1S/C23H24ClN3O3/c24-16-7-8-21-19(11-16)25-23(18-3-1-2-4-20(18)30-21)27-10-9-26(13-15-5-6-15)17(14-27)12-22(28)29/h1-4,7-8,11,15,17H,5-6,9-10,12-14H2,(H,28,29). The molecule has 2 aliphatic heterocycles. The van der Waals surface area contributed by atoms with Crippen molar-refractivity contribution in [2.75, 3.05) is 26.2 Å². The number of carboxylic acids is 1. The lowest BCUT2D eigenvalue weighted by Crippen LogP contribution is -2.55. The maximum atomic E-state index is 11.5. The van der Waals surface area contributed by atoms with Crippen molar-refractivity contribution in [1.82, 2.24) is 9.80 Å². The molecule has 0 amide bonds. The highest BCUT2D eigenvalue weighted by Crippen LogP contribution is 2.40. The van der Waals surface area contributed by atoms with Crippen LogP contribution >= 0.6 is 11.6 Å². The predicted octanol–water partition coefficient (Wildman–Crippen LogP) is 4.39. The number of carboxylic acid groups (broad SMARTS) is 1. The van der Waals surface area contributed by atoms with Crippen LogP contribution in [0.2, 0.25) is 5.02 Å². The summed E-state index contributed by atoms with van der Waals surface area (Å²) in [6.45, 7) is 3.25. The Morgan fingerprint density at radius 1 is 1.17 bits per heavy atom. The van der Waals surface area contributed by atoms with E-state index in [1.165, 1.54) is 12.8 Å². The molecule has 6 nitrogen and oxygen atoms in total. The Balaban J connectivity index is 1.50. The predicted molar refractivity (Wildman–Crippen MR) is 116 cm³/mol. The molecule has 1 unspecified atom stereocenters. The van der Waals surface area contributed by atoms with E-state index in [0.29, 0.717) is 23.0 Å². The van der Waals surface area contributed by atoms with Gasteiger partial charge in [0.25, 0.3) is 0 Å². The van der Waals surface area contributed by atoms with Crippen LogP contribution in [-0.4, -0.2) is 58.9 Å². The van der Waals surface area contributed by atoms with Crippen LogP contribution in [-0.2, 0) is 4.79 Å². The maximum Gasteiger partial charge on any atom is 0.305 e. The van der Waals surface area contributed by atoms with Crippen molar-refractivity contribution in [2.45, 2.75) is 25.3 Å². The van der Waals surface area contributed by atoms with Gasteiger partial charge in [-0.3, -0.25) is 9.69 Å². The minimum Gasteiger partial charge on any atom is -0.481 e. The molecule has 30 heavy (non-hydrogen) atoms. The molecular weight excluding hydrogens is 402 g/mol. The number of benzene rings is 2. The van der Waals surface area contributed by atoms with Crippen molar-refractivity contribution in [3.05, 3.63) is 53.1 Å². The fraction of sp³-hybridized carbons (Fsp3) is 0.391. The van der Waals surface area contributed by atoms with Crippen LogP contribution in [0.15, 0.2) is 47.5 Å². The van der Waals surface area contributed by atoms with Crippen molar-refractivity contribution in [2.24, 2.45) is 10.9 Å². The average Bonchev–Trinajstić information content (AvgIpc) is 3.54. The Morgan fingerprint density at radius 2 is 2.00 bits per heavy atom. The largest absolute Gasteiger partial charge is 0.481 e. The molecule has 156 valence electrons. The van der Waals surface area contributed by atoms with Gasteiger partial charge in [-0.05, 0) is 49.1 Å². The number of hydrogen-bond acceptors (Lipinski definition) is 5. The van der Waals surface area contributed by atoms with Crippen LogP contribution in [0.25, 0.3) is 0 Å². The van der Waals surface area contributed by atoms with Gasteiger partial charge >= 0.3 is 5.97 Å². The van der Waals surface area contributed by atoms with Gasteiger partial charge in [0.15, 0.2) is 5.75 Å². The first-order valence-corrected chi connectivity index (χ1v) is 10.8. The first kappa shape index (κ1) is 19.4. The fourth-order valence-electron chi connectivity index (χ4n) is 4.29. The second-order valence-electron chi connectivity index (χ2n) is 8.28. The topological polar surface area (TPSA) is 65.4 Å². The summed E-state index contributed by atoms with van der Waals surface area (Å²) in [6, 6.07) is 13.3. The molecule has 2 aromatic carbocycles. The number of para-hydroxylation sites is 1. The van der Waals surface area contributed by atoms with Crippen LogP contribution in [0.5, 0.6) is 11.5 Å². The second kappa shape index (κ2) is 7.93. The van der Waals surface area contributed by atoms with Crippen molar-refractivity contribution in [1.29, 1.82) is 0 Å². The van der Waals surface area contributed by atoms with E-state index in [2.05, 4.69) is 9.80 Å². The number of aliphatic imine (C=N–C) groups is 1. The molecule has 1 N–H and O–H groups in total. The minimum absolute atomic E-state index is 0.0327. The van der Waals surface area contributed by atoms with Gasteiger partial charge in [-0.15, -0.1) is 0 Å². The smallest absolute Gasteiger partial charge is 0.305 e. The maximum absolute atomic E-state index is 11.5. The van der Waals surface area contributed by atoms with Crippen molar-refractivity contribution >= 4 is 29.1 Å². The molecule has 5 rings (SSSR count). The number of ether oxygens (including phenoxy) is 1. The van der Waals surface area contributed by atoms with Crippen LogP contribution < -0.4 is 4.74 Å². The summed E-state index contributed by atoms with van der Waals surface area (Å²) >= 11 is 6.22. The summed E-state index contributed by atoms with van der Waals surface area (Å²) in [4.78, 5) is 21.0. The highest BCUT2D eigenvalue weighted by atomic mass is 35.5. The van der Waals surface area contributed by atoms with Gasteiger partial charge in [0.1, 0.15) is 17.3 Å². The molecule has 1 saturated heterocycles. The zero-order chi connectivity index (χ0) is 20.7. The molecule has 3 aliphatic rings. The van der Waals surface area contributed by atoms with Gasteiger partial charge in [0.05, 0.1) is 12.0 Å². The summed E-state index contributed by atoms with van der Waals surface area (Å²) in [5.41, 5.74) is 1.60. The van der Waals surface area contributed by atoms with Gasteiger partial charge < -0.3 is 14.7 Å². The van der Waals surface area contributed by atoms with Crippen molar-refractivity contribution < 1.29 is 14.6 Å². The molecule has 2 aromatic rings. The summed E-state index contributed by atoms with van der Waals surface area (Å²) < 4.78 is 6.15. The zero-order valence-corrected chi connectivity index (χ0v) is 17.4. The molecule has 0 radical (unpaired) electrons. The van der Waals surface area contributed by atoms with Crippen molar-refractivity contribution in [3.8, 4) is 11.5 Å². The van der Waals surface area contributed by atoms with Crippen LogP contribution in [0, 0.1) is 5.92 Å².